The summed E-state index contributed by atoms with van der Waals surface area (Å²) in [7, 11) is -3.25. The topological polar surface area (TPSA) is 105 Å². The Balaban J connectivity index is 1.75. The van der Waals surface area contributed by atoms with Gasteiger partial charge in [-0.2, -0.15) is 4.99 Å². The number of hydrogen-bond acceptors (Lipinski definition) is 6. The summed E-state index contributed by atoms with van der Waals surface area (Å²) in [6.07, 6.45) is -0.713. The van der Waals surface area contributed by atoms with Crippen molar-refractivity contribution in [3.05, 3.63) is 28.5 Å². The highest BCUT2D eigenvalue weighted by molar-refractivity contribution is 9.10. The van der Waals surface area contributed by atoms with Crippen molar-refractivity contribution in [3.63, 3.8) is 0 Å². The molecule has 31 heavy (non-hydrogen) atoms. The number of amidine groups is 1. The summed E-state index contributed by atoms with van der Waals surface area (Å²) in [4.78, 5) is 29.7. The van der Waals surface area contributed by atoms with Gasteiger partial charge in [0.1, 0.15) is 11.4 Å². The van der Waals surface area contributed by atoms with Gasteiger partial charge in [0.25, 0.3) is 0 Å². The third-order valence-electron chi connectivity index (χ3n) is 4.46. The minimum Gasteiger partial charge on any atom is -0.444 e. The Morgan fingerprint density at radius 2 is 2.06 bits per heavy atom. The molecular weight excluding hydrogens is 513 g/mol. The molecule has 2 atom stereocenters. The number of sulfone groups is 1. The normalized spacial score (nSPS) is 23.6. The molecule has 12 heteroatoms. The van der Waals surface area contributed by atoms with Crippen molar-refractivity contribution >= 4 is 60.4 Å². The van der Waals surface area contributed by atoms with Crippen LogP contribution in [0, 0.1) is 5.82 Å². The van der Waals surface area contributed by atoms with Crippen molar-refractivity contribution in [2.75, 3.05) is 23.0 Å². The highest BCUT2D eigenvalue weighted by Gasteiger charge is 2.50. The van der Waals surface area contributed by atoms with E-state index >= 15 is 0 Å². The third kappa shape index (κ3) is 6.19. The molecule has 3 rings (SSSR count). The standard InChI is InChI=1S/C19H23BrFN3O5S2/c1-19(2,3)29-18(26)22-7-6-16(25)23-17-24(13-5-4-11(20)8-12(13)21)14-9-31(27,28)10-15(14)30-17/h4-5,8,14-15H,6-7,9-10H2,1-3H3,(H,22,26)/t14-,15+/m1/s1. The second-order valence-corrected chi connectivity index (χ2v) is 12.5. The molecule has 1 aromatic rings. The SMILES string of the molecule is CC(C)(C)OC(=O)NCCC(=O)N=C1S[C@H]2CS(=O)(=O)C[C@H]2N1c1ccc(Br)cc1F. The predicted octanol–water partition coefficient (Wildman–Crippen LogP) is 3.10. The van der Waals surface area contributed by atoms with Crippen molar-refractivity contribution in [1.29, 1.82) is 0 Å². The number of rotatable bonds is 4. The van der Waals surface area contributed by atoms with Gasteiger partial charge >= 0.3 is 6.09 Å². The highest BCUT2D eigenvalue weighted by atomic mass is 79.9. The largest absolute Gasteiger partial charge is 0.444 e. The van der Waals surface area contributed by atoms with Crippen LogP contribution < -0.4 is 10.2 Å². The molecule has 0 aromatic heterocycles. The Kier molecular flexibility index (Phi) is 7.02. The average Bonchev–Trinajstić information content (AvgIpc) is 3.04. The van der Waals surface area contributed by atoms with E-state index in [0.717, 1.165) is 11.8 Å². The number of ether oxygens (including phenoxy) is 1. The number of benzene rings is 1. The zero-order chi connectivity index (χ0) is 23.0. The minimum absolute atomic E-state index is 0.0308. The molecular formula is C19H23BrFN3O5S2. The monoisotopic (exact) mass is 535 g/mol. The maximum absolute atomic E-state index is 14.7. The lowest BCUT2D eigenvalue weighted by Crippen LogP contribution is -2.38. The van der Waals surface area contributed by atoms with Gasteiger partial charge in [-0.3, -0.25) is 4.79 Å². The molecule has 2 fully saturated rings. The van der Waals surface area contributed by atoms with Crippen LogP contribution in [0.5, 0.6) is 0 Å². The number of aliphatic imine (C=N–C) groups is 1. The van der Waals surface area contributed by atoms with E-state index in [1.165, 1.54) is 17.0 Å². The Labute approximate surface area is 193 Å². The molecule has 2 amide bonds. The molecule has 2 aliphatic rings. The second kappa shape index (κ2) is 9.07. The summed E-state index contributed by atoms with van der Waals surface area (Å²) in [6, 6.07) is 3.94. The summed E-state index contributed by atoms with van der Waals surface area (Å²) >= 11 is 4.37. The summed E-state index contributed by atoms with van der Waals surface area (Å²) in [6.45, 7) is 5.22. The molecule has 8 nitrogen and oxygen atoms in total. The van der Waals surface area contributed by atoms with Crippen molar-refractivity contribution in [2.24, 2.45) is 4.99 Å². The molecule has 2 saturated heterocycles. The van der Waals surface area contributed by atoms with Gasteiger partial charge in [0.15, 0.2) is 15.0 Å². The zero-order valence-corrected chi connectivity index (χ0v) is 20.4. The maximum atomic E-state index is 14.7. The van der Waals surface area contributed by atoms with Gasteiger partial charge in [0.05, 0.1) is 23.2 Å². The van der Waals surface area contributed by atoms with Gasteiger partial charge in [-0.25, -0.2) is 17.6 Å². The molecule has 1 aromatic carbocycles. The molecule has 0 saturated carbocycles. The fraction of sp³-hybridized carbons (Fsp3) is 0.526. The first-order valence-electron chi connectivity index (χ1n) is 9.54. The first kappa shape index (κ1) is 24.0. The summed E-state index contributed by atoms with van der Waals surface area (Å²) in [5, 5.41) is 2.41. The van der Waals surface area contributed by atoms with Crippen LogP contribution in [-0.4, -0.2) is 60.5 Å². The van der Waals surface area contributed by atoms with E-state index in [-0.39, 0.29) is 40.6 Å². The van der Waals surface area contributed by atoms with Crippen LogP contribution in [-0.2, 0) is 19.4 Å². The van der Waals surface area contributed by atoms with Crippen molar-refractivity contribution in [3.8, 4) is 0 Å². The van der Waals surface area contributed by atoms with Crippen LogP contribution in [0.1, 0.15) is 27.2 Å². The number of halogens is 2. The maximum Gasteiger partial charge on any atom is 0.407 e. The van der Waals surface area contributed by atoms with E-state index < -0.39 is 39.3 Å². The third-order valence-corrected chi connectivity index (χ3v) is 8.17. The van der Waals surface area contributed by atoms with Gasteiger partial charge in [-0.05, 0) is 39.0 Å². The summed E-state index contributed by atoms with van der Waals surface area (Å²) in [5.74, 6) is -1.24. The first-order valence-corrected chi connectivity index (χ1v) is 13.0. The van der Waals surface area contributed by atoms with Crippen molar-refractivity contribution in [2.45, 2.75) is 44.1 Å². The lowest BCUT2D eigenvalue weighted by Gasteiger charge is -2.25. The van der Waals surface area contributed by atoms with Crippen LogP contribution in [0.4, 0.5) is 14.9 Å². The number of carbonyl (C=O) groups is 2. The number of anilines is 1. The highest BCUT2D eigenvalue weighted by Crippen LogP contribution is 2.42. The molecule has 2 aliphatic heterocycles. The van der Waals surface area contributed by atoms with Gasteiger partial charge < -0.3 is 15.0 Å². The van der Waals surface area contributed by atoms with Crippen LogP contribution in [0.2, 0.25) is 0 Å². The number of fused-ring (bicyclic) bond motifs is 1. The molecule has 0 spiro atoms. The smallest absolute Gasteiger partial charge is 0.407 e. The molecule has 170 valence electrons. The van der Waals surface area contributed by atoms with Crippen molar-refractivity contribution in [1.82, 2.24) is 5.32 Å². The van der Waals surface area contributed by atoms with Gasteiger partial charge in [-0.1, -0.05) is 27.7 Å². The van der Waals surface area contributed by atoms with E-state index in [1.54, 1.807) is 26.8 Å². The zero-order valence-electron chi connectivity index (χ0n) is 17.2. The van der Waals surface area contributed by atoms with Crippen LogP contribution >= 0.6 is 27.7 Å². The Morgan fingerprint density at radius 1 is 1.35 bits per heavy atom. The number of amides is 2. The fourth-order valence-corrected chi connectivity index (χ4v) is 7.53. The first-order chi connectivity index (χ1) is 14.3. The Bertz CT molecular complexity index is 1030. The lowest BCUT2D eigenvalue weighted by molar-refractivity contribution is -0.117. The number of nitrogens with one attached hydrogen (secondary N) is 1. The Morgan fingerprint density at radius 3 is 2.71 bits per heavy atom. The van der Waals surface area contributed by atoms with Gasteiger partial charge in [0, 0.05) is 22.7 Å². The quantitative estimate of drug-likeness (QED) is 0.631. The van der Waals surface area contributed by atoms with Gasteiger partial charge in [0.2, 0.25) is 5.91 Å². The van der Waals surface area contributed by atoms with Gasteiger partial charge in [-0.15, -0.1) is 0 Å². The molecule has 0 radical (unpaired) electrons. The Hall–Kier alpha value is -1.66. The van der Waals surface area contributed by atoms with E-state index in [1.807, 2.05) is 0 Å². The minimum atomic E-state index is -3.25. The number of carbonyl (C=O) groups excluding carboxylic acids is 2. The van der Waals surface area contributed by atoms with Crippen LogP contribution in [0.25, 0.3) is 0 Å². The molecule has 0 bridgehead atoms. The molecule has 1 N–H and O–H groups in total. The molecule has 2 heterocycles. The average molecular weight is 536 g/mol. The molecule has 0 unspecified atom stereocenters. The number of thioether (sulfide) groups is 1. The van der Waals surface area contributed by atoms with E-state index in [0.29, 0.717) is 4.47 Å². The van der Waals surface area contributed by atoms with E-state index in [4.69, 9.17) is 4.74 Å². The number of hydrogen-bond donors (Lipinski definition) is 1. The van der Waals surface area contributed by atoms with Crippen LogP contribution in [0.3, 0.4) is 0 Å². The second-order valence-electron chi connectivity index (χ2n) is 8.23. The fourth-order valence-electron chi connectivity index (χ4n) is 3.27. The van der Waals surface area contributed by atoms with Crippen LogP contribution in [0.15, 0.2) is 27.7 Å². The molecule has 0 aliphatic carbocycles. The van der Waals surface area contributed by atoms with E-state index in [2.05, 4.69) is 26.2 Å². The number of nitrogens with zero attached hydrogens (tertiary/aromatic N) is 2. The lowest BCUT2D eigenvalue weighted by atomic mass is 10.2. The summed E-state index contributed by atoms with van der Waals surface area (Å²) < 4.78 is 44.5. The van der Waals surface area contributed by atoms with Crippen molar-refractivity contribution < 1.29 is 27.1 Å². The summed E-state index contributed by atoms with van der Waals surface area (Å²) in [5.41, 5.74) is -0.485. The number of alkyl carbamates (subject to hydrolysis) is 1. The predicted molar refractivity (Wildman–Crippen MR) is 122 cm³/mol. The van der Waals surface area contributed by atoms with E-state index in [9.17, 15) is 22.4 Å².